The smallest absolute Gasteiger partial charge is 0.188 e. The van der Waals surface area contributed by atoms with Gasteiger partial charge in [-0.1, -0.05) is 6.58 Å². The Hall–Kier alpha value is -1.05. The second kappa shape index (κ2) is 6.93. The van der Waals surface area contributed by atoms with Crippen molar-refractivity contribution in [1.29, 1.82) is 5.26 Å². The van der Waals surface area contributed by atoms with Gasteiger partial charge >= 0.3 is 0 Å². The van der Waals surface area contributed by atoms with Crippen LogP contribution in [0.3, 0.4) is 0 Å². The summed E-state index contributed by atoms with van der Waals surface area (Å²) in [5, 5.41) is 55.4. The zero-order chi connectivity index (χ0) is 14.6. The maximum Gasteiger partial charge on any atom is 0.188 e. The summed E-state index contributed by atoms with van der Waals surface area (Å²) in [6.07, 6.45) is -8.47. The lowest BCUT2D eigenvalue weighted by molar-refractivity contribution is -0.304. The molecule has 6 atom stereocenters. The molecule has 19 heavy (non-hydrogen) atoms. The average molecular weight is 275 g/mol. The summed E-state index contributed by atoms with van der Waals surface area (Å²) < 4.78 is 10.1. The van der Waals surface area contributed by atoms with Crippen LogP contribution in [0.25, 0.3) is 0 Å². The van der Waals surface area contributed by atoms with Gasteiger partial charge in [0, 0.05) is 0 Å². The minimum atomic E-state index is -1.60. The van der Waals surface area contributed by atoms with Gasteiger partial charge in [0.15, 0.2) is 12.4 Å². The Morgan fingerprint density at radius 1 is 1.26 bits per heavy atom. The summed E-state index contributed by atoms with van der Waals surface area (Å²) in [6.45, 7) is 2.33. The molecule has 0 unspecified atom stereocenters. The third-order valence-corrected chi connectivity index (χ3v) is 2.81. The van der Waals surface area contributed by atoms with Crippen molar-refractivity contribution in [2.24, 2.45) is 0 Å². The third kappa shape index (κ3) is 3.49. The van der Waals surface area contributed by atoms with Crippen LogP contribution in [0.1, 0.15) is 0 Å². The van der Waals surface area contributed by atoms with E-state index < -0.39 is 50.0 Å². The quantitative estimate of drug-likeness (QED) is 0.340. The summed E-state index contributed by atoms with van der Waals surface area (Å²) in [4.78, 5) is 0. The topological polar surface area (TPSA) is 143 Å². The van der Waals surface area contributed by atoms with Crippen LogP contribution in [0.5, 0.6) is 0 Å². The molecule has 1 aliphatic heterocycles. The van der Waals surface area contributed by atoms with Crippen LogP contribution >= 0.6 is 0 Å². The van der Waals surface area contributed by atoms with E-state index in [0.717, 1.165) is 0 Å². The number of ether oxygens (including phenoxy) is 2. The van der Waals surface area contributed by atoms with Crippen LogP contribution in [0, 0.1) is 11.3 Å². The first-order chi connectivity index (χ1) is 8.96. The fourth-order valence-electron chi connectivity index (χ4n) is 1.61. The highest BCUT2D eigenvalue weighted by Crippen LogP contribution is 2.23. The number of aliphatic hydroxyl groups excluding tert-OH is 5. The molecule has 8 heteroatoms. The molecule has 5 N–H and O–H groups in total. The maximum absolute atomic E-state index is 9.68. The second-order valence-corrected chi connectivity index (χ2v) is 4.16. The van der Waals surface area contributed by atoms with Gasteiger partial charge in [-0.2, -0.15) is 5.26 Å². The Labute approximate surface area is 109 Å². The lowest BCUT2D eigenvalue weighted by atomic mass is 9.99. The van der Waals surface area contributed by atoms with Crippen molar-refractivity contribution in [2.45, 2.75) is 36.8 Å². The molecule has 1 heterocycles. The summed E-state index contributed by atoms with van der Waals surface area (Å²) in [6, 6.07) is 1.70. The number of aliphatic hydroxyl groups is 5. The van der Waals surface area contributed by atoms with Gasteiger partial charge in [-0.15, -0.1) is 0 Å². The van der Waals surface area contributed by atoms with Crippen LogP contribution in [0.15, 0.2) is 12.2 Å². The molecule has 0 bridgehead atoms. The van der Waals surface area contributed by atoms with Gasteiger partial charge in [-0.05, 0) is 5.57 Å². The van der Waals surface area contributed by atoms with Gasteiger partial charge in [0.25, 0.3) is 0 Å². The molecule has 0 radical (unpaired) electrons. The van der Waals surface area contributed by atoms with Crippen molar-refractivity contribution >= 4 is 0 Å². The van der Waals surface area contributed by atoms with E-state index in [0.29, 0.717) is 0 Å². The minimum Gasteiger partial charge on any atom is -0.394 e. The van der Waals surface area contributed by atoms with Crippen molar-refractivity contribution < 1.29 is 35.0 Å². The van der Waals surface area contributed by atoms with E-state index in [1.807, 2.05) is 0 Å². The first-order valence-electron chi connectivity index (χ1n) is 5.60. The van der Waals surface area contributed by atoms with Crippen LogP contribution in [-0.4, -0.2) is 75.6 Å². The van der Waals surface area contributed by atoms with Gasteiger partial charge in [0.05, 0.1) is 19.3 Å². The molecule has 1 fully saturated rings. The van der Waals surface area contributed by atoms with E-state index in [1.165, 1.54) is 0 Å². The minimum absolute atomic E-state index is 0.0551. The Kier molecular flexibility index (Phi) is 5.84. The molecule has 8 nitrogen and oxygen atoms in total. The zero-order valence-corrected chi connectivity index (χ0v) is 10.1. The highest BCUT2D eigenvalue weighted by Gasteiger charge is 2.45. The fraction of sp³-hybridized carbons (Fsp3) is 0.727. The fourth-order valence-corrected chi connectivity index (χ4v) is 1.61. The normalized spacial score (nSPS) is 36.5. The van der Waals surface area contributed by atoms with Crippen molar-refractivity contribution in [3.63, 3.8) is 0 Å². The molecular weight excluding hydrogens is 258 g/mol. The molecule has 0 saturated carbocycles. The highest BCUT2D eigenvalue weighted by molar-refractivity contribution is 5.13. The Morgan fingerprint density at radius 2 is 1.89 bits per heavy atom. The van der Waals surface area contributed by atoms with Gasteiger partial charge in [-0.3, -0.25) is 0 Å². The standard InChI is InChI=1S/C11H17NO7/c1-5(3-13)6(2-12)18-11-10(17)9(16)8(15)7(4-14)19-11/h6-11,13-17H,1,3-4H2/t6-,7-,8-,9+,10-,11-/m1/s1. The molecule has 0 aromatic rings. The zero-order valence-electron chi connectivity index (χ0n) is 10.1. The van der Waals surface area contributed by atoms with Crippen molar-refractivity contribution in [3.05, 3.63) is 12.2 Å². The molecular formula is C11H17NO7. The Balaban J connectivity index is 2.76. The maximum atomic E-state index is 9.68. The molecule has 0 amide bonds. The molecule has 0 spiro atoms. The van der Waals surface area contributed by atoms with Crippen LogP contribution in [0.2, 0.25) is 0 Å². The van der Waals surface area contributed by atoms with Crippen molar-refractivity contribution in [2.75, 3.05) is 13.2 Å². The lowest BCUT2D eigenvalue weighted by Crippen LogP contribution is -2.59. The predicted octanol–water partition coefficient (Wildman–Crippen LogP) is -2.76. The number of nitrogens with zero attached hydrogens (tertiary/aromatic N) is 1. The van der Waals surface area contributed by atoms with Crippen LogP contribution in [0.4, 0.5) is 0 Å². The third-order valence-electron chi connectivity index (χ3n) is 2.81. The van der Waals surface area contributed by atoms with E-state index in [-0.39, 0.29) is 5.57 Å². The summed E-state index contributed by atoms with van der Waals surface area (Å²) in [7, 11) is 0. The molecule has 1 rings (SSSR count). The molecule has 0 aromatic heterocycles. The van der Waals surface area contributed by atoms with E-state index >= 15 is 0 Å². The average Bonchev–Trinajstić information content (AvgIpc) is 2.43. The largest absolute Gasteiger partial charge is 0.394 e. The first kappa shape index (κ1) is 16.0. The molecule has 108 valence electrons. The molecule has 0 aliphatic carbocycles. The molecule has 1 aliphatic rings. The van der Waals surface area contributed by atoms with Gasteiger partial charge in [0.1, 0.15) is 24.4 Å². The van der Waals surface area contributed by atoms with Gasteiger partial charge in [-0.25, -0.2) is 0 Å². The number of nitriles is 1. The SMILES string of the molecule is C=C(CO)[C@@H](C#N)O[C@@H]1O[C@H](CO)[C@@H](O)[C@H](O)[C@H]1O. The van der Waals surface area contributed by atoms with Gasteiger partial charge < -0.3 is 35.0 Å². The van der Waals surface area contributed by atoms with E-state index in [4.69, 9.17) is 24.9 Å². The summed E-state index contributed by atoms with van der Waals surface area (Å²) >= 11 is 0. The van der Waals surface area contributed by atoms with Crippen molar-refractivity contribution in [3.8, 4) is 6.07 Å². The Bertz CT molecular complexity index is 353. The number of hydrogen-bond acceptors (Lipinski definition) is 8. The molecule has 0 aromatic carbocycles. The Morgan fingerprint density at radius 3 is 2.37 bits per heavy atom. The highest BCUT2D eigenvalue weighted by atomic mass is 16.7. The number of rotatable bonds is 5. The van der Waals surface area contributed by atoms with Crippen LogP contribution in [-0.2, 0) is 9.47 Å². The summed E-state index contributed by atoms with van der Waals surface area (Å²) in [5.41, 5.74) is 0.0551. The van der Waals surface area contributed by atoms with Gasteiger partial charge in [0.2, 0.25) is 0 Å². The summed E-state index contributed by atoms with van der Waals surface area (Å²) in [5.74, 6) is 0. The van der Waals surface area contributed by atoms with Crippen LogP contribution < -0.4 is 0 Å². The predicted molar refractivity (Wildman–Crippen MR) is 60.5 cm³/mol. The van der Waals surface area contributed by atoms with E-state index in [1.54, 1.807) is 6.07 Å². The van der Waals surface area contributed by atoms with E-state index in [2.05, 4.69) is 6.58 Å². The lowest BCUT2D eigenvalue weighted by Gasteiger charge is -2.40. The first-order valence-corrected chi connectivity index (χ1v) is 5.60. The monoisotopic (exact) mass is 275 g/mol. The second-order valence-electron chi connectivity index (χ2n) is 4.16. The van der Waals surface area contributed by atoms with E-state index in [9.17, 15) is 15.3 Å². The number of hydrogen-bond donors (Lipinski definition) is 5. The van der Waals surface area contributed by atoms with Crippen molar-refractivity contribution in [1.82, 2.24) is 0 Å². The molecule has 1 saturated heterocycles.